The van der Waals surface area contributed by atoms with Crippen LogP contribution in [-0.2, 0) is 0 Å². The summed E-state index contributed by atoms with van der Waals surface area (Å²) in [5.41, 5.74) is 1.05. The van der Waals surface area contributed by atoms with Gasteiger partial charge in [0.05, 0.1) is 23.7 Å². The van der Waals surface area contributed by atoms with Crippen molar-refractivity contribution in [3.8, 4) is 0 Å². The number of aliphatic hydroxyl groups is 2. The summed E-state index contributed by atoms with van der Waals surface area (Å²) in [7, 11) is 0. The van der Waals surface area contributed by atoms with Crippen LogP contribution >= 0.6 is 15.9 Å². The summed E-state index contributed by atoms with van der Waals surface area (Å²) in [5, 5.41) is 20.7. The number of nitrogens with one attached hydrogen (secondary N) is 1. The van der Waals surface area contributed by atoms with E-state index in [0.717, 1.165) is 10.0 Å². The van der Waals surface area contributed by atoms with Crippen molar-refractivity contribution in [2.24, 2.45) is 0 Å². The zero-order valence-corrected chi connectivity index (χ0v) is 9.45. The monoisotopic (exact) mass is 260 g/mol. The molecular weight excluding hydrogens is 248 g/mol. The maximum absolute atomic E-state index is 8.88. The molecule has 1 heterocycles. The van der Waals surface area contributed by atoms with Crippen LogP contribution < -0.4 is 5.32 Å². The van der Waals surface area contributed by atoms with E-state index in [-0.39, 0.29) is 19.3 Å². The molecule has 4 nitrogen and oxygen atoms in total. The topological polar surface area (TPSA) is 65.4 Å². The number of aryl methyl sites for hydroxylation is 1. The van der Waals surface area contributed by atoms with Gasteiger partial charge in [0.25, 0.3) is 0 Å². The molecule has 14 heavy (non-hydrogen) atoms. The van der Waals surface area contributed by atoms with Gasteiger partial charge in [-0.25, -0.2) is 4.98 Å². The van der Waals surface area contributed by atoms with Gasteiger partial charge in [0, 0.05) is 6.20 Å². The van der Waals surface area contributed by atoms with Crippen LogP contribution in [0.2, 0.25) is 0 Å². The minimum Gasteiger partial charge on any atom is -0.394 e. The molecule has 1 rings (SSSR count). The van der Waals surface area contributed by atoms with E-state index < -0.39 is 0 Å². The van der Waals surface area contributed by atoms with Gasteiger partial charge in [0.2, 0.25) is 0 Å². The van der Waals surface area contributed by atoms with Gasteiger partial charge in [0.1, 0.15) is 5.82 Å². The van der Waals surface area contributed by atoms with Crippen molar-refractivity contribution < 1.29 is 10.2 Å². The third-order valence-electron chi connectivity index (χ3n) is 1.86. The van der Waals surface area contributed by atoms with Crippen LogP contribution in [0.25, 0.3) is 0 Å². The molecule has 0 aromatic carbocycles. The fraction of sp³-hybridized carbons (Fsp3) is 0.444. The molecule has 0 fully saturated rings. The second-order valence-corrected chi connectivity index (χ2v) is 3.79. The van der Waals surface area contributed by atoms with Gasteiger partial charge in [0.15, 0.2) is 0 Å². The number of pyridine rings is 1. The maximum atomic E-state index is 8.88. The highest BCUT2D eigenvalue weighted by Gasteiger charge is 2.09. The number of hydrogen-bond donors (Lipinski definition) is 3. The normalized spacial score (nSPS) is 10.6. The van der Waals surface area contributed by atoms with Gasteiger partial charge >= 0.3 is 0 Å². The van der Waals surface area contributed by atoms with Crippen LogP contribution in [0.4, 0.5) is 5.82 Å². The Hall–Kier alpha value is -0.650. The molecule has 0 amide bonds. The molecule has 3 N–H and O–H groups in total. The molecule has 1 aromatic rings. The average molecular weight is 261 g/mol. The van der Waals surface area contributed by atoms with Crippen molar-refractivity contribution in [2.45, 2.75) is 13.0 Å². The van der Waals surface area contributed by atoms with E-state index in [9.17, 15) is 0 Å². The van der Waals surface area contributed by atoms with Crippen molar-refractivity contribution in [3.63, 3.8) is 0 Å². The number of nitrogens with zero attached hydrogens (tertiary/aromatic N) is 1. The summed E-state index contributed by atoms with van der Waals surface area (Å²) in [6.45, 7) is 1.70. The number of aromatic nitrogens is 1. The summed E-state index contributed by atoms with van der Waals surface area (Å²) in [5.74, 6) is 0.637. The van der Waals surface area contributed by atoms with Crippen molar-refractivity contribution in [1.29, 1.82) is 0 Å². The molecule has 0 radical (unpaired) electrons. The van der Waals surface area contributed by atoms with Crippen LogP contribution in [-0.4, -0.2) is 34.5 Å². The summed E-state index contributed by atoms with van der Waals surface area (Å²) in [6.07, 6.45) is 1.67. The van der Waals surface area contributed by atoms with E-state index in [1.807, 2.05) is 13.0 Å². The molecule has 0 saturated carbocycles. The lowest BCUT2D eigenvalue weighted by atomic mass is 10.3. The predicted molar refractivity (Wildman–Crippen MR) is 58.3 cm³/mol. The SMILES string of the molecule is Cc1ccnc(NC(CO)CO)c1Br. The molecule has 0 aliphatic carbocycles. The van der Waals surface area contributed by atoms with Crippen LogP contribution in [0.15, 0.2) is 16.7 Å². The Labute approximate surface area is 91.1 Å². The quantitative estimate of drug-likeness (QED) is 0.754. The van der Waals surface area contributed by atoms with Crippen LogP contribution in [0.5, 0.6) is 0 Å². The van der Waals surface area contributed by atoms with Crippen LogP contribution in [0.3, 0.4) is 0 Å². The lowest BCUT2D eigenvalue weighted by Crippen LogP contribution is -2.28. The predicted octanol–water partition coefficient (Wildman–Crippen LogP) is 0.918. The highest BCUT2D eigenvalue weighted by atomic mass is 79.9. The highest BCUT2D eigenvalue weighted by Crippen LogP contribution is 2.23. The Balaban J connectivity index is 2.80. The average Bonchev–Trinajstić information content (AvgIpc) is 2.20. The van der Waals surface area contributed by atoms with Gasteiger partial charge < -0.3 is 15.5 Å². The minimum absolute atomic E-state index is 0.126. The first-order chi connectivity index (χ1) is 6.69. The maximum Gasteiger partial charge on any atom is 0.140 e. The summed E-state index contributed by atoms with van der Waals surface area (Å²) < 4.78 is 0.854. The zero-order chi connectivity index (χ0) is 10.6. The Morgan fingerprint density at radius 2 is 2.14 bits per heavy atom. The first kappa shape index (κ1) is 11.4. The second-order valence-electron chi connectivity index (χ2n) is 3.00. The number of anilines is 1. The largest absolute Gasteiger partial charge is 0.394 e. The van der Waals surface area contributed by atoms with Gasteiger partial charge in [-0.1, -0.05) is 0 Å². The molecule has 0 saturated heterocycles. The first-order valence-electron chi connectivity index (χ1n) is 4.28. The fourth-order valence-electron chi connectivity index (χ4n) is 0.983. The van der Waals surface area contributed by atoms with Gasteiger partial charge in [-0.3, -0.25) is 0 Å². The van der Waals surface area contributed by atoms with E-state index in [4.69, 9.17) is 10.2 Å². The molecule has 0 bridgehead atoms. The van der Waals surface area contributed by atoms with Crippen molar-refractivity contribution in [3.05, 3.63) is 22.3 Å². The number of halogens is 1. The van der Waals surface area contributed by atoms with Gasteiger partial charge in [-0.15, -0.1) is 0 Å². The Morgan fingerprint density at radius 3 is 2.71 bits per heavy atom. The molecule has 0 unspecified atom stereocenters. The van der Waals surface area contributed by atoms with Gasteiger partial charge in [-0.05, 0) is 34.5 Å². The Morgan fingerprint density at radius 1 is 1.50 bits per heavy atom. The van der Waals surface area contributed by atoms with Gasteiger partial charge in [-0.2, -0.15) is 0 Å². The third-order valence-corrected chi connectivity index (χ3v) is 2.86. The number of hydrogen-bond acceptors (Lipinski definition) is 4. The molecule has 5 heteroatoms. The van der Waals surface area contributed by atoms with Crippen LogP contribution in [0.1, 0.15) is 5.56 Å². The number of aliphatic hydroxyl groups excluding tert-OH is 2. The Kier molecular flexibility index (Phi) is 4.31. The molecule has 0 spiro atoms. The molecule has 78 valence electrons. The van der Waals surface area contributed by atoms with Crippen molar-refractivity contribution in [1.82, 2.24) is 4.98 Å². The molecule has 1 aromatic heterocycles. The number of rotatable bonds is 4. The lowest BCUT2D eigenvalue weighted by Gasteiger charge is -2.15. The van der Waals surface area contributed by atoms with E-state index in [0.29, 0.717) is 5.82 Å². The summed E-state index contributed by atoms with van der Waals surface area (Å²) in [6, 6.07) is 1.50. The van der Waals surface area contributed by atoms with E-state index >= 15 is 0 Å². The third kappa shape index (κ3) is 2.67. The highest BCUT2D eigenvalue weighted by molar-refractivity contribution is 9.10. The fourth-order valence-corrected chi connectivity index (χ4v) is 1.33. The Bertz CT molecular complexity index is 303. The van der Waals surface area contributed by atoms with Crippen molar-refractivity contribution in [2.75, 3.05) is 18.5 Å². The van der Waals surface area contributed by atoms with Crippen LogP contribution in [0, 0.1) is 6.92 Å². The van der Waals surface area contributed by atoms with Crippen molar-refractivity contribution >= 4 is 21.7 Å². The molecular formula is C9H13BrN2O2. The molecule has 0 aliphatic heterocycles. The standard InChI is InChI=1S/C9H13BrN2O2/c1-6-2-3-11-9(8(6)10)12-7(4-13)5-14/h2-3,7,13-14H,4-5H2,1H3,(H,11,12). The minimum atomic E-state index is -0.374. The summed E-state index contributed by atoms with van der Waals surface area (Å²) >= 11 is 3.38. The van der Waals surface area contributed by atoms with E-state index in [2.05, 4.69) is 26.2 Å². The first-order valence-corrected chi connectivity index (χ1v) is 5.07. The zero-order valence-electron chi connectivity index (χ0n) is 7.87. The van der Waals surface area contributed by atoms with E-state index in [1.54, 1.807) is 6.20 Å². The lowest BCUT2D eigenvalue weighted by molar-refractivity contribution is 0.203. The molecule has 0 aliphatic rings. The smallest absolute Gasteiger partial charge is 0.140 e. The summed E-state index contributed by atoms with van der Waals surface area (Å²) in [4.78, 5) is 4.09. The molecule has 0 atom stereocenters. The van der Waals surface area contributed by atoms with E-state index in [1.165, 1.54) is 0 Å². The second kappa shape index (κ2) is 5.29.